The summed E-state index contributed by atoms with van der Waals surface area (Å²) < 4.78 is 38.2. The molecule has 0 spiro atoms. The zero-order chi connectivity index (χ0) is 12.8. The molecule has 0 amide bonds. The van der Waals surface area contributed by atoms with E-state index < -0.39 is 18.8 Å². The van der Waals surface area contributed by atoms with Crippen molar-refractivity contribution < 1.29 is 18.3 Å². The van der Waals surface area contributed by atoms with Crippen LogP contribution in [-0.4, -0.2) is 31.2 Å². The zero-order valence-corrected chi connectivity index (χ0v) is 9.24. The third-order valence-electron chi connectivity index (χ3n) is 2.32. The quantitative estimate of drug-likeness (QED) is 0.799. The molecule has 0 radical (unpaired) electrons. The largest absolute Gasteiger partial charge is 0.395 e. The molecule has 1 rings (SSSR count). The van der Waals surface area contributed by atoms with Crippen molar-refractivity contribution in [1.82, 2.24) is 0 Å². The summed E-state index contributed by atoms with van der Waals surface area (Å²) in [5.74, 6) is -0.609. The van der Waals surface area contributed by atoms with Crippen LogP contribution in [0.3, 0.4) is 0 Å². The number of hydrogen-bond acceptors (Lipinski definition) is 3. The molecule has 0 aliphatic carbocycles. The van der Waals surface area contributed by atoms with Crippen LogP contribution in [0.15, 0.2) is 18.2 Å². The Morgan fingerprint density at radius 1 is 1.35 bits per heavy atom. The first-order chi connectivity index (χ1) is 8.08. The molecular formula is C11H15F3N2O. The lowest BCUT2D eigenvalue weighted by molar-refractivity contribution is 0.152. The molecule has 3 nitrogen and oxygen atoms in total. The van der Waals surface area contributed by atoms with E-state index in [1.807, 2.05) is 0 Å². The number of hydrogen-bond donors (Lipinski definition) is 2. The number of halogens is 3. The van der Waals surface area contributed by atoms with Crippen LogP contribution in [0, 0.1) is 5.82 Å². The molecular weight excluding hydrogens is 233 g/mol. The van der Waals surface area contributed by atoms with Gasteiger partial charge in [-0.1, -0.05) is 6.07 Å². The van der Waals surface area contributed by atoms with Gasteiger partial charge in [0, 0.05) is 13.1 Å². The predicted molar refractivity (Wildman–Crippen MR) is 59.6 cm³/mol. The molecule has 0 aromatic heterocycles. The fourth-order valence-electron chi connectivity index (χ4n) is 1.53. The molecule has 1 aromatic carbocycles. The predicted octanol–water partition coefficient (Wildman–Crippen LogP) is 1.35. The first-order valence-corrected chi connectivity index (χ1v) is 5.21. The Hall–Kier alpha value is -1.27. The summed E-state index contributed by atoms with van der Waals surface area (Å²) in [5.41, 5.74) is 5.99. The van der Waals surface area contributed by atoms with E-state index in [0.717, 1.165) is 4.90 Å². The van der Waals surface area contributed by atoms with Crippen LogP contribution in [0.25, 0.3) is 0 Å². The van der Waals surface area contributed by atoms with Gasteiger partial charge in [0.2, 0.25) is 0 Å². The smallest absolute Gasteiger partial charge is 0.255 e. The van der Waals surface area contributed by atoms with E-state index in [-0.39, 0.29) is 25.4 Å². The van der Waals surface area contributed by atoms with E-state index >= 15 is 0 Å². The Balaban J connectivity index is 2.93. The van der Waals surface area contributed by atoms with Crippen LogP contribution in [0.5, 0.6) is 0 Å². The van der Waals surface area contributed by atoms with E-state index in [1.165, 1.54) is 12.1 Å². The second-order valence-electron chi connectivity index (χ2n) is 3.55. The summed E-state index contributed by atoms with van der Waals surface area (Å²) in [6.07, 6.45) is -2.59. The highest BCUT2D eigenvalue weighted by atomic mass is 19.3. The van der Waals surface area contributed by atoms with E-state index in [9.17, 15) is 13.2 Å². The summed E-state index contributed by atoms with van der Waals surface area (Å²) in [6, 6.07) is 4.19. The summed E-state index contributed by atoms with van der Waals surface area (Å²) in [5, 5.41) is 8.77. The molecule has 0 unspecified atom stereocenters. The van der Waals surface area contributed by atoms with Crippen molar-refractivity contribution in [2.75, 3.05) is 24.6 Å². The molecule has 3 N–H and O–H groups in total. The van der Waals surface area contributed by atoms with Gasteiger partial charge in [-0.25, -0.2) is 13.2 Å². The Labute approximate surface area is 97.6 Å². The Kier molecular flexibility index (Phi) is 5.24. The van der Waals surface area contributed by atoms with Crippen LogP contribution in [-0.2, 0) is 6.54 Å². The van der Waals surface area contributed by atoms with Gasteiger partial charge < -0.3 is 15.7 Å². The van der Waals surface area contributed by atoms with Crippen molar-refractivity contribution in [3.05, 3.63) is 29.6 Å². The van der Waals surface area contributed by atoms with Gasteiger partial charge in [0.25, 0.3) is 6.43 Å². The van der Waals surface area contributed by atoms with Crippen molar-refractivity contribution in [3.8, 4) is 0 Å². The van der Waals surface area contributed by atoms with E-state index in [4.69, 9.17) is 10.8 Å². The van der Waals surface area contributed by atoms with Crippen molar-refractivity contribution in [2.45, 2.75) is 13.0 Å². The molecule has 96 valence electrons. The number of aliphatic hydroxyl groups excluding tert-OH is 1. The molecule has 0 aliphatic heterocycles. The molecule has 0 aliphatic rings. The van der Waals surface area contributed by atoms with Gasteiger partial charge in [-0.3, -0.25) is 0 Å². The fourth-order valence-corrected chi connectivity index (χ4v) is 1.53. The topological polar surface area (TPSA) is 49.5 Å². The minimum atomic E-state index is -2.59. The Morgan fingerprint density at radius 3 is 2.53 bits per heavy atom. The maximum Gasteiger partial charge on any atom is 0.255 e. The number of anilines is 1. The van der Waals surface area contributed by atoms with Gasteiger partial charge in [0.1, 0.15) is 5.82 Å². The SMILES string of the molecule is NCc1ccc(N(CCO)CC(F)F)c(F)c1. The fraction of sp³-hybridized carbons (Fsp3) is 0.455. The highest BCUT2D eigenvalue weighted by molar-refractivity contribution is 5.49. The van der Waals surface area contributed by atoms with Gasteiger partial charge in [-0.15, -0.1) is 0 Å². The maximum absolute atomic E-state index is 13.6. The number of aliphatic hydroxyl groups is 1. The van der Waals surface area contributed by atoms with Crippen LogP contribution in [0.1, 0.15) is 5.56 Å². The van der Waals surface area contributed by atoms with Crippen molar-refractivity contribution >= 4 is 5.69 Å². The monoisotopic (exact) mass is 248 g/mol. The number of nitrogens with zero attached hydrogens (tertiary/aromatic N) is 1. The van der Waals surface area contributed by atoms with Gasteiger partial charge in [0.05, 0.1) is 18.8 Å². The minimum Gasteiger partial charge on any atom is -0.395 e. The molecule has 6 heteroatoms. The third-order valence-corrected chi connectivity index (χ3v) is 2.32. The van der Waals surface area contributed by atoms with Crippen LogP contribution >= 0.6 is 0 Å². The maximum atomic E-state index is 13.6. The van der Waals surface area contributed by atoms with Gasteiger partial charge in [-0.05, 0) is 17.7 Å². The van der Waals surface area contributed by atoms with Crippen molar-refractivity contribution in [2.24, 2.45) is 5.73 Å². The van der Waals surface area contributed by atoms with Crippen LogP contribution in [0.2, 0.25) is 0 Å². The standard InChI is InChI=1S/C11H15F3N2O/c12-9-5-8(6-15)1-2-10(9)16(3-4-17)7-11(13)14/h1-2,5,11,17H,3-4,6-7,15H2. The lowest BCUT2D eigenvalue weighted by Gasteiger charge is -2.24. The molecule has 0 saturated heterocycles. The highest BCUT2D eigenvalue weighted by Crippen LogP contribution is 2.21. The molecule has 0 bridgehead atoms. The lowest BCUT2D eigenvalue weighted by Crippen LogP contribution is -2.32. The Bertz CT molecular complexity index is 361. The number of rotatable bonds is 6. The van der Waals surface area contributed by atoms with E-state index in [0.29, 0.717) is 5.56 Å². The molecule has 17 heavy (non-hydrogen) atoms. The number of alkyl halides is 2. The summed E-state index contributed by atoms with van der Waals surface area (Å²) in [7, 11) is 0. The zero-order valence-electron chi connectivity index (χ0n) is 9.24. The van der Waals surface area contributed by atoms with E-state index in [1.54, 1.807) is 6.07 Å². The van der Waals surface area contributed by atoms with E-state index in [2.05, 4.69) is 0 Å². The normalized spacial score (nSPS) is 10.9. The van der Waals surface area contributed by atoms with Gasteiger partial charge in [-0.2, -0.15) is 0 Å². The van der Waals surface area contributed by atoms with Gasteiger partial charge >= 0.3 is 0 Å². The molecule has 0 saturated carbocycles. The average molecular weight is 248 g/mol. The summed E-state index contributed by atoms with van der Waals surface area (Å²) in [4.78, 5) is 1.11. The number of nitrogens with two attached hydrogens (primary N) is 1. The highest BCUT2D eigenvalue weighted by Gasteiger charge is 2.15. The number of benzene rings is 1. The molecule has 1 aromatic rings. The molecule has 0 atom stereocenters. The summed E-state index contributed by atoms with van der Waals surface area (Å²) in [6.45, 7) is -0.778. The van der Waals surface area contributed by atoms with Crippen molar-refractivity contribution in [3.63, 3.8) is 0 Å². The second-order valence-corrected chi connectivity index (χ2v) is 3.55. The first kappa shape index (κ1) is 13.8. The first-order valence-electron chi connectivity index (χ1n) is 5.21. The average Bonchev–Trinajstić information content (AvgIpc) is 2.27. The molecule has 0 fully saturated rings. The lowest BCUT2D eigenvalue weighted by atomic mass is 10.2. The Morgan fingerprint density at radius 2 is 2.06 bits per heavy atom. The van der Waals surface area contributed by atoms with Gasteiger partial charge in [0.15, 0.2) is 0 Å². The third kappa shape index (κ3) is 3.90. The molecule has 0 heterocycles. The van der Waals surface area contributed by atoms with Crippen LogP contribution < -0.4 is 10.6 Å². The minimum absolute atomic E-state index is 0.0385. The van der Waals surface area contributed by atoms with Crippen molar-refractivity contribution in [1.29, 1.82) is 0 Å². The summed E-state index contributed by atoms with van der Waals surface area (Å²) >= 11 is 0. The van der Waals surface area contributed by atoms with Crippen LogP contribution in [0.4, 0.5) is 18.9 Å². The second kappa shape index (κ2) is 6.46.